The van der Waals surface area contributed by atoms with Crippen molar-refractivity contribution in [2.75, 3.05) is 19.5 Å². The Labute approximate surface area is 135 Å². The van der Waals surface area contributed by atoms with Crippen LogP contribution in [0.1, 0.15) is 6.23 Å². The molecule has 1 fully saturated rings. The molecule has 0 aromatic carbocycles. The fourth-order valence-corrected chi connectivity index (χ4v) is 2.81. The molecule has 13 heteroatoms. The van der Waals surface area contributed by atoms with E-state index >= 15 is 0 Å². The van der Waals surface area contributed by atoms with E-state index < -0.39 is 39.0 Å². The quantitative estimate of drug-likeness (QED) is 0.510. The van der Waals surface area contributed by atoms with Gasteiger partial charge >= 0.3 is 0 Å². The van der Waals surface area contributed by atoms with E-state index in [4.69, 9.17) is 10.5 Å². The zero-order chi connectivity index (χ0) is 17.5. The summed E-state index contributed by atoms with van der Waals surface area (Å²) >= 11 is 0. The van der Waals surface area contributed by atoms with Crippen LogP contribution in [0.5, 0.6) is 0 Å². The number of fused-ring (bicyclic) bond motifs is 1. The van der Waals surface area contributed by atoms with Gasteiger partial charge in [0, 0.05) is 7.11 Å². The number of imidazole rings is 1. The Bertz CT molecular complexity index is 785. The van der Waals surface area contributed by atoms with Crippen LogP contribution in [-0.4, -0.2) is 61.8 Å². The number of hydrogen-bond donors (Lipinski definition) is 3. The number of ether oxygens (including phenoxy) is 1. The molecule has 0 radical (unpaired) electrons. The molecule has 0 spiro atoms. The molecule has 5 atom stereocenters. The molecule has 3 rings (SSSR count). The fraction of sp³-hybridized carbons (Fsp3) is 0.545. The van der Waals surface area contributed by atoms with Crippen molar-refractivity contribution >= 4 is 24.8 Å². The highest BCUT2D eigenvalue weighted by Crippen LogP contribution is 2.39. The number of nitrogen functional groups attached to an aromatic ring is 1. The van der Waals surface area contributed by atoms with E-state index in [-0.39, 0.29) is 5.82 Å². The molecule has 0 aliphatic carbocycles. The van der Waals surface area contributed by atoms with Crippen molar-refractivity contribution in [3.8, 4) is 0 Å². The van der Waals surface area contributed by atoms with Gasteiger partial charge in [-0.1, -0.05) is 0 Å². The zero-order valence-corrected chi connectivity index (χ0v) is 13.3. The molecule has 1 saturated heterocycles. The van der Waals surface area contributed by atoms with Crippen molar-refractivity contribution in [2.45, 2.75) is 24.5 Å². The van der Waals surface area contributed by atoms with Crippen molar-refractivity contribution in [1.82, 2.24) is 19.5 Å². The Morgan fingerprint density at radius 1 is 1.42 bits per heavy atom. The van der Waals surface area contributed by atoms with Crippen LogP contribution in [0, 0.1) is 0 Å². The molecule has 0 saturated carbocycles. The third kappa shape index (κ3) is 3.00. The molecule has 24 heavy (non-hydrogen) atoms. The van der Waals surface area contributed by atoms with Crippen molar-refractivity contribution in [2.24, 2.45) is 0 Å². The summed E-state index contributed by atoms with van der Waals surface area (Å²) in [5, 5.41) is 20.2. The first-order chi connectivity index (χ1) is 11.3. The van der Waals surface area contributed by atoms with Crippen LogP contribution in [0.4, 0.5) is 5.82 Å². The number of aliphatic hydroxyl groups excluding tert-OH is 2. The smallest absolute Gasteiger partial charge is 0.267 e. The molecule has 2 aromatic heterocycles. The maximum atomic E-state index is 11.2. The number of aromatic nitrogens is 4. The van der Waals surface area contributed by atoms with Crippen LogP contribution in [0.25, 0.3) is 11.2 Å². The molecule has 3 unspecified atom stereocenters. The van der Waals surface area contributed by atoms with Gasteiger partial charge in [0.05, 0.1) is 12.9 Å². The van der Waals surface area contributed by atoms with Crippen molar-refractivity contribution < 1.29 is 33.5 Å². The van der Waals surface area contributed by atoms with Crippen molar-refractivity contribution in [1.29, 1.82) is 0 Å². The summed E-state index contributed by atoms with van der Waals surface area (Å²) < 4.78 is 26.8. The fourth-order valence-electron chi connectivity index (χ4n) is 2.37. The largest absolute Gasteiger partial charge is 0.756 e. The first-order valence-corrected chi connectivity index (χ1v) is 8.26. The number of rotatable bonds is 5. The minimum atomic E-state index is -4.48. The summed E-state index contributed by atoms with van der Waals surface area (Å²) in [5.41, 5.74) is 6.30. The van der Waals surface area contributed by atoms with Gasteiger partial charge in [-0.2, -0.15) is 0 Å². The van der Waals surface area contributed by atoms with E-state index in [0.29, 0.717) is 11.2 Å². The second-order valence-corrected chi connectivity index (χ2v) is 6.57. The topological polar surface area (TPSA) is 178 Å². The van der Waals surface area contributed by atoms with E-state index in [0.717, 1.165) is 7.11 Å². The maximum absolute atomic E-state index is 11.2. The lowest BCUT2D eigenvalue weighted by atomic mass is 10.1. The second-order valence-electron chi connectivity index (χ2n) is 5.05. The van der Waals surface area contributed by atoms with Gasteiger partial charge in [0.25, 0.3) is 7.82 Å². The van der Waals surface area contributed by atoms with Gasteiger partial charge in [-0.15, -0.1) is 0 Å². The molecule has 0 amide bonds. The van der Waals surface area contributed by atoms with Crippen LogP contribution in [0.2, 0.25) is 0 Å². The maximum Gasteiger partial charge on any atom is 0.267 e. The average molecular weight is 360 g/mol. The number of nitrogens with two attached hydrogens (primary N) is 1. The number of aliphatic hydroxyl groups is 2. The normalized spacial score (nSPS) is 29.8. The first kappa shape index (κ1) is 17.2. The van der Waals surface area contributed by atoms with Crippen LogP contribution < -0.4 is 10.6 Å². The van der Waals surface area contributed by atoms with E-state index in [1.165, 1.54) is 17.2 Å². The summed E-state index contributed by atoms with van der Waals surface area (Å²) in [4.78, 5) is 23.1. The number of anilines is 1. The average Bonchev–Trinajstić information content (AvgIpc) is 3.10. The van der Waals surface area contributed by atoms with E-state index in [9.17, 15) is 19.7 Å². The minimum Gasteiger partial charge on any atom is -0.756 e. The molecule has 12 nitrogen and oxygen atoms in total. The van der Waals surface area contributed by atoms with Crippen LogP contribution in [0.3, 0.4) is 0 Å². The third-order valence-corrected chi connectivity index (χ3v) is 4.53. The predicted molar refractivity (Wildman–Crippen MR) is 76.2 cm³/mol. The molecular weight excluding hydrogens is 345 g/mol. The summed E-state index contributed by atoms with van der Waals surface area (Å²) in [7, 11) is -3.53. The van der Waals surface area contributed by atoms with Gasteiger partial charge in [-0.05, 0) is 0 Å². The second kappa shape index (κ2) is 6.33. The van der Waals surface area contributed by atoms with Gasteiger partial charge in [-0.3, -0.25) is 9.13 Å². The minimum absolute atomic E-state index is 0.152. The number of phosphoric acid groups is 1. The lowest BCUT2D eigenvalue weighted by molar-refractivity contribution is -0.226. The lowest BCUT2D eigenvalue weighted by Crippen LogP contribution is -2.34. The highest BCUT2D eigenvalue weighted by Gasteiger charge is 2.44. The van der Waals surface area contributed by atoms with Gasteiger partial charge in [0.2, 0.25) is 0 Å². The Kier molecular flexibility index (Phi) is 4.53. The van der Waals surface area contributed by atoms with E-state index in [2.05, 4.69) is 24.0 Å². The highest BCUT2D eigenvalue weighted by molar-refractivity contribution is 7.45. The SMILES string of the molecule is COP(=O)([O-])OC[C@H]1O[C@@H](n2cnc3c(N)ncnc32)C(O)C1O. The zero-order valence-electron chi connectivity index (χ0n) is 12.4. The van der Waals surface area contributed by atoms with E-state index in [1.807, 2.05) is 0 Å². The predicted octanol–water partition coefficient (Wildman–Crippen LogP) is -1.84. The first-order valence-electron chi connectivity index (χ1n) is 6.80. The Balaban J connectivity index is 1.82. The van der Waals surface area contributed by atoms with Gasteiger partial charge in [-0.25, -0.2) is 15.0 Å². The van der Waals surface area contributed by atoms with Crippen molar-refractivity contribution in [3.63, 3.8) is 0 Å². The van der Waals surface area contributed by atoms with Crippen LogP contribution >= 0.6 is 7.82 Å². The molecule has 132 valence electrons. The summed E-state index contributed by atoms with van der Waals surface area (Å²) in [5.74, 6) is 0.152. The number of phosphoric ester groups is 1. The Morgan fingerprint density at radius 3 is 2.88 bits per heavy atom. The Morgan fingerprint density at radius 2 is 2.17 bits per heavy atom. The van der Waals surface area contributed by atoms with E-state index in [1.54, 1.807) is 0 Å². The van der Waals surface area contributed by atoms with Crippen LogP contribution in [-0.2, 0) is 18.3 Å². The van der Waals surface area contributed by atoms with Gasteiger partial charge in [0.1, 0.15) is 30.2 Å². The molecule has 1 aliphatic heterocycles. The molecule has 3 heterocycles. The molecule has 2 aromatic rings. The highest BCUT2D eigenvalue weighted by atomic mass is 31.2. The monoisotopic (exact) mass is 360 g/mol. The van der Waals surface area contributed by atoms with Crippen LogP contribution in [0.15, 0.2) is 12.7 Å². The lowest BCUT2D eigenvalue weighted by Gasteiger charge is -2.23. The summed E-state index contributed by atoms with van der Waals surface area (Å²) in [6.07, 6.45) is -2.35. The molecular formula is C11H15N5O7P-. The molecule has 1 aliphatic rings. The standard InChI is InChI=1S/C11H16N5O7P/c1-21-24(19,20)22-2-5-7(17)8(18)11(23-5)16-4-15-6-9(12)13-3-14-10(6)16/h3-5,7-8,11,17-18H,2H2,1H3,(H,19,20)(H2,12,13,14)/p-1/t5-,7?,8?,11-/m1/s1. The van der Waals surface area contributed by atoms with Gasteiger partial charge < -0.3 is 34.6 Å². The molecule has 4 N–H and O–H groups in total. The van der Waals surface area contributed by atoms with Crippen molar-refractivity contribution in [3.05, 3.63) is 12.7 Å². The number of nitrogens with zero attached hydrogens (tertiary/aromatic N) is 4. The summed E-state index contributed by atoms with van der Waals surface area (Å²) in [6, 6.07) is 0. The Hall–Kier alpha value is -1.66. The third-order valence-electron chi connectivity index (χ3n) is 3.62. The number of hydrogen-bond acceptors (Lipinski definition) is 11. The van der Waals surface area contributed by atoms with Gasteiger partial charge in [0.15, 0.2) is 17.7 Å². The summed E-state index contributed by atoms with van der Waals surface area (Å²) in [6.45, 7) is -0.521. The molecule has 0 bridgehead atoms.